The van der Waals surface area contributed by atoms with Gasteiger partial charge in [0.2, 0.25) is 0 Å². The van der Waals surface area contributed by atoms with E-state index in [2.05, 4.69) is 23.7 Å². The van der Waals surface area contributed by atoms with E-state index in [1.807, 2.05) is 0 Å². The van der Waals surface area contributed by atoms with Crippen molar-refractivity contribution in [3.05, 3.63) is 0 Å². The highest BCUT2D eigenvalue weighted by atomic mass is 15.2. The summed E-state index contributed by atoms with van der Waals surface area (Å²) in [6.07, 6.45) is 3.62. The maximum atomic E-state index is 4.51. The molecule has 0 aliphatic carbocycles. The third kappa shape index (κ3) is 2.21. The molecule has 0 unspecified atom stereocenters. The van der Waals surface area contributed by atoms with Crippen LogP contribution in [-0.2, 0) is 0 Å². The minimum absolute atomic E-state index is 1.05. The highest BCUT2D eigenvalue weighted by molar-refractivity contribution is 5.82. The summed E-state index contributed by atoms with van der Waals surface area (Å²) in [6.45, 7) is 7.81. The zero-order valence-electron chi connectivity index (χ0n) is 7.64. The number of hydrogen-bond donors (Lipinski definition) is 0. The Balaban J connectivity index is 2.48. The van der Waals surface area contributed by atoms with Crippen LogP contribution in [0, 0.1) is 0 Å². The van der Waals surface area contributed by atoms with Crippen LogP contribution in [0.15, 0.2) is 4.99 Å². The van der Waals surface area contributed by atoms with Gasteiger partial charge < -0.3 is 4.90 Å². The molecular weight excluding hydrogens is 136 g/mol. The molecule has 0 radical (unpaired) electrons. The van der Waals surface area contributed by atoms with E-state index >= 15 is 0 Å². The molecular formula is C9H18N2. The topological polar surface area (TPSA) is 15.6 Å². The molecule has 1 aliphatic heterocycles. The van der Waals surface area contributed by atoms with Crippen LogP contribution in [0.1, 0.15) is 33.1 Å². The quantitative estimate of drug-likeness (QED) is 0.606. The smallest absolute Gasteiger partial charge is 0.0988 e. The molecule has 64 valence electrons. The van der Waals surface area contributed by atoms with Crippen molar-refractivity contribution in [2.24, 2.45) is 4.99 Å². The van der Waals surface area contributed by atoms with Gasteiger partial charge >= 0.3 is 0 Å². The number of aliphatic imine (C=N–C) groups is 1. The van der Waals surface area contributed by atoms with Gasteiger partial charge in [-0.1, -0.05) is 6.92 Å². The van der Waals surface area contributed by atoms with Crippen molar-refractivity contribution in [3.63, 3.8) is 0 Å². The Labute approximate surface area is 69.3 Å². The fourth-order valence-electron chi connectivity index (χ4n) is 1.50. The standard InChI is InChI=1S/C9H18N2/c1-3-6-9-10-7-5-8-11(9)4-2/h3-8H2,1-2H3. The first-order valence-corrected chi connectivity index (χ1v) is 4.66. The maximum absolute atomic E-state index is 4.51. The van der Waals surface area contributed by atoms with Crippen molar-refractivity contribution in [1.82, 2.24) is 4.90 Å². The second-order valence-corrected chi connectivity index (χ2v) is 2.98. The molecule has 0 amide bonds. The molecule has 0 N–H and O–H groups in total. The van der Waals surface area contributed by atoms with Gasteiger partial charge in [0.1, 0.15) is 0 Å². The van der Waals surface area contributed by atoms with Crippen molar-refractivity contribution in [2.45, 2.75) is 33.1 Å². The summed E-state index contributed by atoms with van der Waals surface area (Å²) in [5.74, 6) is 1.33. The van der Waals surface area contributed by atoms with E-state index in [1.165, 1.54) is 25.2 Å². The minimum Gasteiger partial charge on any atom is -0.361 e. The van der Waals surface area contributed by atoms with Crippen LogP contribution >= 0.6 is 0 Å². The highest BCUT2D eigenvalue weighted by Crippen LogP contribution is 2.06. The van der Waals surface area contributed by atoms with Crippen LogP contribution in [-0.4, -0.2) is 30.4 Å². The fraction of sp³-hybridized carbons (Fsp3) is 0.889. The van der Waals surface area contributed by atoms with Crippen molar-refractivity contribution < 1.29 is 0 Å². The molecule has 11 heavy (non-hydrogen) atoms. The van der Waals surface area contributed by atoms with Gasteiger partial charge in [-0.2, -0.15) is 0 Å². The van der Waals surface area contributed by atoms with Crippen molar-refractivity contribution in [3.8, 4) is 0 Å². The van der Waals surface area contributed by atoms with Gasteiger partial charge in [0.05, 0.1) is 5.84 Å². The Kier molecular flexibility index (Phi) is 3.40. The van der Waals surface area contributed by atoms with Crippen LogP contribution in [0.5, 0.6) is 0 Å². The average molecular weight is 154 g/mol. The van der Waals surface area contributed by atoms with E-state index in [4.69, 9.17) is 0 Å². The van der Waals surface area contributed by atoms with E-state index in [9.17, 15) is 0 Å². The molecule has 0 bridgehead atoms. The molecule has 2 heteroatoms. The molecule has 0 aromatic carbocycles. The van der Waals surface area contributed by atoms with E-state index < -0.39 is 0 Å². The minimum atomic E-state index is 1.05. The number of nitrogens with zero attached hydrogens (tertiary/aromatic N) is 2. The highest BCUT2D eigenvalue weighted by Gasteiger charge is 2.11. The normalized spacial score (nSPS) is 18.4. The van der Waals surface area contributed by atoms with Gasteiger partial charge in [-0.25, -0.2) is 0 Å². The first kappa shape index (κ1) is 8.57. The average Bonchev–Trinajstić information content (AvgIpc) is 2.06. The molecule has 0 saturated carbocycles. The van der Waals surface area contributed by atoms with Crippen LogP contribution < -0.4 is 0 Å². The van der Waals surface area contributed by atoms with Gasteiger partial charge in [0.25, 0.3) is 0 Å². The lowest BCUT2D eigenvalue weighted by Crippen LogP contribution is -2.35. The van der Waals surface area contributed by atoms with E-state index in [1.54, 1.807) is 0 Å². The van der Waals surface area contributed by atoms with Crippen LogP contribution in [0.25, 0.3) is 0 Å². The second kappa shape index (κ2) is 4.37. The monoisotopic (exact) mass is 154 g/mol. The van der Waals surface area contributed by atoms with E-state index in [0.29, 0.717) is 0 Å². The van der Waals surface area contributed by atoms with Gasteiger partial charge in [0, 0.05) is 26.1 Å². The Hall–Kier alpha value is -0.530. The molecule has 1 rings (SSSR count). The summed E-state index contributed by atoms with van der Waals surface area (Å²) in [5, 5.41) is 0. The Morgan fingerprint density at radius 3 is 2.91 bits per heavy atom. The Bertz CT molecular complexity index is 140. The lowest BCUT2D eigenvalue weighted by molar-refractivity contribution is 0.403. The van der Waals surface area contributed by atoms with Gasteiger partial charge in [0.15, 0.2) is 0 Å². The van der Waals surface area contributed by atoms with Crippen LogP contribution in [0.3, 0.4) is 0 Å². The van der Waals surface area contributed by atoms with Crippen LogP contribution in [0.4, 0.5) is 0 Å². The lowest BCUT2D eigenvalue weighted by atomic mass is 10.2. The summed E-state index contributed by atoms with van der Waals surface area (Å²) in [4.78, 5) is 6.91. The number of rotatable bonds is 3. The SMILES string of the molecule is CCCC1=NCCCN1CC. The van der Waals surface area contributed by atoms with Gasteiger partial charge in [-0.3, -0.25) is 4.99 Å². The molecule has 0 aromatic rings. The molecule has 0 spiro atoms. The summed E-state index contributed by atoms with van der Waals surface area (Å²) in [7, 11) is 0. The molecule has 2 nitrogen and oxygen atoms in total. The molecule has 1 aliphatic rings. The van der Waals surface area contributed by atoms with Crippen LogP contribution in [0.2, 0.25) is 0 Å². The third-order valence-corrected chi connectivity index (χ3v) is 2.10. The van der Waals surface area contributed by atoms with E-state index in [0.717, 1.165) is 19.5 Å². The second-order valence-electron chi connectivity index (χ2n) is 2.98. The van der Waals surface area contributed by atoms with Gasteiger partial charge in [-0.05, 0) is 19.8 Å². The van der Waals surface area contributed by atoms with E-state index in [-0.39, 0.29) is 0 Å². The Morgan fingerprint density at radius 2 is 2.27 bits per heavy atom. The molecule has 0 atom stereocenters. The zero-order chi connectivity index (χ0) is 8.10. The number of amidine groups is 1. The van der Waals surface area contributed by atoms with Gasteiger partial charge in [-0.15, -0.1) is 0 Å². The predicted octanol–water partition coefficient (Wildman–Crippen LogP) is 1.91. The third-order valence-electron chi connectivity index (χ3n) is 2.10. The fourth-order valence-corrected chi connectivity index (χ4v) is 1.50. The summed E-state index contributed by atoms with van der Waals surface area (Å²) >= 11 is 0. The van der Waals surface area contributed by atoms with Crippen molar-refractivity contribution >= 4 is 5.84 Å². The maximum Gasteiger partial charge on any atom is 0.0988 e. The zero-order valence-corrected chi connectivity index (χ0v) is 7.64. The largest absolute Gasteiger partial charge is 0.361 e. The lowest BCUT2D eigenvalue weighted by Gasteiger charge is -2.27. The summed E-state index contributed by atoms with van der Waals surface area (Å²) < 4.78 is 0. The Morgan fingerprint density at radius 1 is 1.45 bits per heavy atom. The molecule has 0 saturated heterocycles. The first-order chi connectivity index (χ1) is 5.38. The van der Waals surface area contributed by atoms with Crippen molar-refractivity contribution in [2.75, 3.05) is 19.6 Å². The summed E-state index contributed by atoms with van der Waals surface area (Å²) in [6, 6.07) is 0. The van der Waals surface area contributed by atoms with Crippen molar-refractivity contribution in [1.29, 1.82) is 0 Å². The molecule has 0 aromatic heterocycles. The summed E-state index contributed by atoms with van der Waals surface area (Å²) in [5.41, 5.74) is 0. The molecule has 1 heterocycles. The predicted molar refractivity (Wildman–Crippen MR) is 49.1 cm³/mol. The first-order valence-electron chi connectivity index (χ1n) is 4.66. The number of hydrogen-bond acceptors (Lipinski definition) is 2. The molecule has 0 fully saturated rings.